The lowest BCUT2D eigenvalue weighted by molar-refractivity contribution is -0.126. The van der Waals surface area contributed by atoms with Gasteiger partial charge in [-0.1, -0.05) is 18.2 Å². The first-order valence-electron chi connectivity index (χ1n) is 8.50. The Kier molecular flexibility index (Phi) is 5.36. The van der Waals surface area contributed by atoms with Gasteiger partial charge in [-0.3, -0.25) is 14.4 Å². The Morgan fingerprint density at radius 3 is 2.88 bits per heavy atom. The van der Waals surface area contributed by atoms with E-state index in [-0.39, 0.29) is 23.8 Å². The highest BCUT2D eigenvalue weighted by atomic mass is 16.5. The van der Waals surface area contributed by atoms with Crippen LogP contribution in [0.5, 0.6) is 5.75 Å². The number of carbonyl (C=O) groups is 2. The number of fused-ring (bicyclic) bond motifs is 1. The molecule has 7 nitrogen and oxygen atoms in total. The first-order chi connectivity index (χ1) is 12.6. The van der Waals surface area contributed by atoms with Crippen LogP contribution in [0.25, 0.3) is 0 Å². The van der Waals surface area contributed by atoms with E-state index in [0.29, 0.717) is 30.9 Å². The second kappa shape index (κ2) is 7.86. The third-order valence-electron chi connectivity index (χ3n) is 4.40. The Bertz CT molecular complexity index is 875. The van der Waals surface area contributed by atoms with Crippen molar-refractivity contribution >= 4 is 17.5 Å². The molecule has 2 heterocycles. The van der Waals surface area contributed by atoms with Crippen molar-refractivity contribution in [2.75, 3.05) is 19.0 Å². The molecule has 0 bridgehead atoms. The van der Waals surface area contributed by atoms with Gasteiger partial charge in [0.1, 0.15) is 5.75 Å². The molecule has 1 atom stereocenters. The zero-order valence-electron chi connectivity index (χ0n) is 14.5. The van der Waals surface area contributed by atoms with E-state index in [1.807, 2.05) is 6.07 Å². The van der Waals surface area contributed by atoms with Crippen LogP contribution in [0.3, 0.4) is 0 Å². The molecule has 7 heteroatoms. The van der Waals surface area contributed by atoms with E-state index in [1.165, 1.54) is 13.2 Å². The van der Waals surface area contributed by atoms with E-state index in [0.717, 1.165) is 5.56 Å². The fourth-order valence-electron chi connectivity index (χ4n) is 3.09. The molecule has 26 heavy (non-hydrogen) atoms. The number of aryl methyl sites for hydroxylation is 1. The van der Waals surface area contributed by atoms with Gasteiger partial charge in [0, 0.05) is 31.8 Å². The summed E-state index contributed by atoms with van der Waals surface area (Å²) >= 11 is 0. The molecule has 0 aliphatic carbocycles. The van der Waals surface area contributed by atoms with E-state index in [1.54, 1.807) is 35.0 Å². The largest absolute Gasteiger partial charge is 0.495 e. The summed E-state index contributed by atoms with van der Waals surface area (Å²) in [5.74, 6) is -0.419. The minimum atomic E-state index is -0.548. The van der Waals surface area contributed by atoms with E-state index in [4.69, 9.17) is 4.74 Å². The van der Waals surface area contributed by atoms with E-state index in [2.05, 4.69) is 10.6 Å². The van der Waals surface area contributed by atoms with Crippen LogP contribution < -0.4 is 20.9 Å². The SMILES string of the molecule is COc1cccc2c1NC(=O)CC2C(=O)NCCCn1ccccc1=O. The number of ether oxygens (including phenoxy) is 1. The molecule has 0 fully saturated rings. The summed E-state index contributed by atoms with van der Waals surface area (Å²) in [5.41, 5.74) is 1.24. The average Bonchev–Trinajstić information content (AvgIpc) is 2.65. The molecule has 0 radical (unpaired) electrons. The summed E-state index contributed by atoms with van der Waals surface area (Å²) in [6.07, 6.45) is 2.45. The van der Waals surface area contributed by atoms with Crippen molar-refractivity contribution in [3.05, 3.63) is 58.5 Å². The topological polar surface area (TPSA) is 89.4 Å². The van der Waals surface area contributed by atoms with E-state index in [9.17, 15) is 14.4 Å². The quantitative estimate of drug-likeness (QED) is 0.769. The molecule has 2 aromatic rings. The zero-order chi connectivity index (χ0) is 18.5. The molecule has 1 aromatic heterocycles. The van der Waals surface area contributed by atoms with Crippen LogP contribution in [-0.2, 0) is 16.1 Å². The van der Waals surface area contributed by atoms with Crippen molar-refractivity contribution in [3.63, 3.8) is 0 Å². The van der Waals surface area contributed by atoms with Crippen molar-refractivity contribution in [2.24, 2.45) is 0 Å². The molecule has 1 aliphatic heterocycles. The number of pyridine rings is 1. The van der Waals surface area contributed by atoms with Crippen LogP contribution >= 0.6 is 0 Å². The van der Waals surface area contributed by atoms with Gasteiger partial charge >= 0.3 is 0 Å². The number of methoxy groups -OCH3 is 1. The van der Waals surface area contributed by atoms with Gasteiger partial charge in [0.25, 0.3) is 0 Å². The minimum Gasteiger partial charge on any atom is -0.495 e. The molecular formula is C19H21N3O4. The van der Waals surface area contributed by atoms with Gasteiger partial charge in [-0.15, -0.1) is 0 Å². The molecule has 0 saturated carbocycles. The van der Waals surface area contributed by atoms with Crippen LogP contribution in [0.15, 0.2) is 47.4 Å². The average molecular weight is 355 g/mol. The summed E-state index contributed by atoms with van der Waals surface area (Å²) in [4.78, 5) is 36.2. The molecule has 1 aromatic carbocycles. The number of hydrogen-bond acceptors (Lipinski definition) is 4. The molecular weight excluding hydrogens is 334 g/mol. The smallest absolute Gasteiger partial charge is 0.250 e. The highest BCUT2D eigenvalue weighted by Crippen LogP contribution is 2.38. The molecule has 2 amide bonds. The number of benzene rings is 1. The first-order valence-corrected chi connectivity index (χ1v) is 8.50. The monoisotopic (exact) mass is 355 g/mol. The van der Waals surface area contributed by atoms with Gasteiger partial charge in [0.15, 0.2) is 0 Å². The Morgan fingerprint density at radius 1 is 1.27 bits per heavy atom. The number of aromatic nitrogens is 1. The highest BCUT2D eigenvalue weighted by Gasteiger charge is 2.32. The van der Waals surface area contributed by atoms with Gasteiger partial charge < -0.3 is 19.9 Å². The van der Waals surface area contributed by atoms with Crippen LogP contribution in [0.1, 0.15) is 24.3 Å². The Hall–Kier alpha value is -3.09. The maximum absolute atomic E-state index is 12.6. The molecule has 0 spiro atoms. The lowest BCUT2D eigenvalue weighted by Gasteiger charge is -2.26. The lowest BCUT2D eigenvalue weighted by Crippen LogP contribution is -2.36. The number of rotatable bonds is 6. The van der Waals surface area contributed by atoms with Crippen molar-refractivity contribution in [1.82, 2.24) is 9.88 Å². The van der Waals surface area contributed by atoms with Crippen molar-refractivity contribution in [3.8, 4) is 5.75 Å². The second-order valence-corrected chi connectivity index (χ2v) is 6.11. The number of amides is 2. The molecule has 1 unspecified atom stereocenters. The van der Waals surface area contributed by atoms with Crippen molar-refractivity contribution < 1.29 is 14.3 Å². The molecule has 3 rings (SSSR count). The maximum atomic E-state index is 12.6. The predicted molar refractivity (Wildman–Crippen MR) is 97.3 cm³/mol. The molecule has 0 saturated heterocycles. The molecule has 2 N–H and O–H groups in total. The summed E-state index contributed by atoms with van der Waals surface area (Å²) in [5, 5.41) is 5.64. The Balaban J connectivity index is 1.63. The van der Waals surface area contributed by atoms with E-state index >= 15 is 0 Å². The number of nitrogens with one attached hydrogen (secondary N) is 2. The predicted octanol–water partition coefficient (Wildman–Crippen LogP) is 1.49. The van der Waals surface area contributed by atoms with Crippen molar-refractivity contribution in [1.29, 1.82) is 0 Å². The number of anilines is 1. The maximum Gasteiger partial charge on any atom is 0.250 e. The van der Waals surface area contributed by atoms with Crippen LogP contribution in [0.4, 0.5) is 5.69 Å². The van der Waals surface area contributed by atoms with Gasteiger partial charge in [-0.25, -0.2) is 0 Å². The fourth-order valence-corrected chi connectivity index (χ4v) is 3.09. The summed E-state index contributed by atoms with van der Waals surface area (Å²) < 4.78 is 6.87. The van der Waals surface area contributed by atoms with Crippen LogP contribution in [-0.4, -0.2) is 30.0 Å². The number of nitrogens with zero attached hydrogens (tertiary/aromatic N) is 1. The number of para-hydroxylation sites is 1. The number of hydrogen-bond donors (Lipinski definition) is 2. The summed E-state index contributed by atoms with van der Waals surface area (Å²) in [7, 11) is 1.52. The molecule has 1 aliphatic rings. The minimum absolute atomic E-state index is 0.0659. The van der Waals surface area contributed by atoms with Crippen LogP contribution in [0.2, 0.25) is 0 Å². The lowest BCUT2D eigenvalue weighted by atomic mass is 9.89. The van der Waals surface area contributed by atoms with Crippen molar-refractivity contribution in [2.45, 2.75) is 25.3 Å². The second-order valence-electron chi connectivity index (χ2n) is 6.11. The van der Waals surface area contributed by atoms with Gasteiger partial charge in [-0.05, 0) is 24.1 Å². The van der Waals surface area contributed by atoms with Crippen LogP contribution in [0, 0.1) is 0 Å². The third kappa shape index (κ3) is 3.77. The summed E-state index contributed by atoms with van der Waals surface area (Å²) in [6.45, 7) is 0.951. The van der Waals surface area contributed by atoms with Gasteiger partial charge in [-0.2, -0.15) is 0 Å². The fraction of sp³-hybridized carbons (Fsp3) is 0.316. The Morgan fingerprint density at radius 2 is 2.12 bits per heavy atom. The Labute approximate surface area is 151 Å². The van der Waals surface area contributed by atoms with Gasteiger partial charge in [0.2, 0.25) is 17.4 Å². The summed E-state index contributed by atoms with van der Waals surface area (Å²) in [6, 6.07) is 10.4. The highest BCUT2D eigenvalue weighted by molar-refractivity contribution is 6.02. The van der Waals surface area contributed by atoms with Gasteiger partial charge in [0.05, 0.1) is 18.7 Å². The third-order valence-corrected chi connectivity index (χ3v) is 4.40. The normalized spacial score (nSPS) is 15.7. The standard InChI is InChI=1S/C19H21N3O4/c1-26-15-7-4-6-13-14(12-16(23)21-18(13)15)19(25)20-9-5-11-22-10-3-2-8-17(22)24/h2-4,6-8,10,14H,5,9,11-12H2,1H3,(H,20,25)(H,21,23). The molecule has 136 valence electrons. The zero-order valence-corrected chi connectivity index (χ0v) is 14.5. The number of carbonyl (C=O) groups excluding carboxylic acids is 2. The first kappa shape index (κ1) is 17.7. The van der Waals surface area contributed by atoms with E-state index < -0.39 is 5.92 Å².